The number of hydrogen-bond acceptors (Lipinski definition) is 5. The first kappa shape index (κ1) is 25.8. The van der Waals surface area contributed by atoms with Gasteiger partial charge >= 0.3 is 17.1 Å². The van der Waals surface area contributed by atoms with Gasteiger partial charge in [-0.15, -0.1) is 0 Å². The molecule has 0 spiro atoms. The third-order valence-corrected chi connectivity index (χ3v) is 2.15. The molecule has 0 amide bonds. The van der Waals surface area contributed by atoms with Gasteiger partial charge in [0.1, 0.15) is 0 Å². The fourth-order valence-corrected chi connectivity index (χ4v) is 1.29. The molecular weight excluding hydrogens is 366 g/mol. The average molecular weight is 385 g/mol. The quantitative estimate of drug-likeness (QED) is 0.338. The second-order valence-electron chi connectivity index (χ2n) is 4.02. The van der Waals surface area contributed by atoms with E-state index >= 15 is 0 Å². The monoisotopic (exact) mass is 384 g/mol. The zero-order chi connectivity index (χ0) is 16.5. The standard InChI is InChI=1S/C12H19N3.2CNS.Cu/c1-11(12-7-4-5-8-14-12)13-9-6-10-15(2)3;2*2-1-3;/h4-5,7-8H,6,9-10H2,1-3H3;;;/q;2*-1;+2. The predicted molar refractivity (Wildman–Crippen MR) is 96.4 cm³/mol. The third kappa shape index (κ3) is 18.9. The molecular formula is C14H19CuN5S2. The van der Waals surface area contributed by atoms with Crippen molar-refractivity contribution in [1.82, 2.24) is 9.88 Å². The van der Waals surface area contributed by atoms with Crippen LogP contribution >= 0.6 is 24.4 Å². The predicted octanol–water partition coefficient (Wildman–Crippen LogP) is 3.16. The summed E-state index contributed by atoms with van der Waals surface area (Å²) in [6.45, 7) is 3.97. The van der Waals surface area contributed by atoms with Gasteiger partial charge in [-0.3, -0.25) is 9.98 Å². The van der Waals surface area contributed by atoms with E-state index in [1.807, 2.05) is 25.1 Å². The fourth-order valence-electron chi connectivity index (χ4n) is 1.29. The molecule has 1 rings (SSSR count). The van der Waals surface area contributed by atoms with Crippen LogP contribution in [0.4, 0.5) is 0 Å². The molecule has 0 unspecified atom stereocenters. The van der Waals surface area contributed by atoms with E-state index in [2.05, 4.69) is 53.4 Å². The maximum Gasteiger partial charge on any atom is 2.00 e. The molecule has 123 valence electrons. The molecule has 1 heterocycles. The SMILES string of the molecule is CC(=NCCCN(C)C)c1ccccn1.[Cu+2].[N-]=C=S.[N-]=C=S. The van der Waals surface area contributed by atoms with Crippen molar-refractivity contribution in [2.75, 3.05) is 27.2 Å². The van der Waals surface area contributed by atoms with Crippen molar-refractivity contribution in [2.24, 2.45) is 4.99 Å². The van der Waals surface area contributed by atoms with Crippen LogP contribution in [0.3, 0.4) is 0 Å². The molecule has 0 saturated heterocycles. The molecule has 1 aromatic heterocycles. The maximum atomic E-state index is 7.13. The minimum Gasteiger partial charge on any atom is -0.753 e. The normalized spacial score (nSPS) is 9.00. The number of aliphatic imine (C=N–C) groups is 1. The number of hydrogen-bond donors (Lipinski definition) is 0. The Morgan fingerprint density at radius 3 is 2.23 bits per heavy atom. The van der Waals surface area contributed by atoms with Crippen LogP contribution in [0.25, 0.3) is 10.8 Å². The van der Waals surface area contributed by atoms with Crippen LogP contribution in [-0.2, 0) is 17.1 Å². The van der Waals surface area contributed by atoms with Crippen LogP contribution in [0.2, 0.25) is 0 Å². The van der Waals surface area contributed by atoms with E-state index in [9.17, 15) is 0 Å². The molecule has 0 aliphatic rings. The molecule has 0 aliphatic carbocycles. The molecule has 0 aliphatic heterocycles. The Bertz CT molecular complexity index is 453. The Morgan fingerprint density at radius 2 is 1.82 bits per heavy atom. The van der Waals surface area contributed by atoms with Crippen molar-refractivity contribution >= 4 is 40.5 Å². The van der Waals surface area contributed by atoms with Gasteiger partial charge in [0.2, 0.25) is 0 Å². The molecule has 8 heteroatoms. The van der Waals surface area contributed by atoms with Crippen LogP contribution in [-0.4, -0.2) is 53.1 Å². The Morgan fingerprint density at radius 1 is 1.27 bits per heavy atom. The average Bonchev–Trinajstić information content (AvgIpc) is 2.46. The molecule has 22 heavy (non-hydrogen) atoms. The van der Waals surface area contributed by atoms with Gasteiger partial charge in [0.25, 0.3) is 0 Å². The Hall–Kier alpha value is -1.10. The van der Waals surface area contributed by atoms with Crippen molar-refractivity contribution in [3.05, 3.63) is 40.9 Å². The van der Waals surface area contributed by atoms with E-state index in [-0.39, 0.29) is 17.1 Å². The summed E-state index contributed by atoms with van der Waals surface area (Å²) in [7, 11) is 4.16. The summed E-state index contributed by atoms with van der Waals surface area (Å²) in [6.07, 6.45) is 2.89. The minimum atomic E-state index is 0. The van der Waals surface area contributed by atoms with Gasteiger partial charge in [-0.25, -0.2) is 0 Å². The molecule has 0 fully saturated rings. The first-order chi connectivity index (χ1) is 10.0. The van der Waals surface area contributed by atoms with Gasteiger partial charge < -0.3 is 15.7 Å². The van der Waals surface area contributed by atoms with Crippen LogP contribution in [0.5, 0.6) is 0 Å². The number of rotatable bonds is 5. The second-order valence-corrected chi connectivity index (χ2v) is 4.39. The van der Waals surface area contributed by atoms with E-state index in [0.717, 1.165) is 30.9 Å². The van der Waals surface area contributed by atoms with E-state index in [1.54, 1.807) is 6.20 Å². The zero-order valence-corrected chi connectivity index (χ0v) is 15.4. The van der Waals surface area contributed by atoms with Crippen LogP contribution in [0.15, 0.2) is 29.4 Å². The fraction of sp³-hybridized carbons (Fsp3) is 0.429. The minimum absolute atomic E-state index is 0. The second kappa shape index (κ2) is 19.9. The Kier molecular flexibility index (Phi) is 23.4. The summed E-state index contributed by atoms with van der Waals surface area (Å²) in [6, 6.07) is 5.90. The van der Waals surface area contributed by atoms with Gasteiger partial charge in [0.15, 0.2) is 0 Å². The molecule has 0 N–H and O–H groups in total. The van der Waals surface area contributed by atoms with E-state index < -0.39 is 0 Å². The van der Waals surface area contributed by atoms with Crippen molar-refractivity contribution in [1.29, 1.82) is 0 Å². The number of pyridine rings is 1. The van der Waals surface area contributed by atoms with Crippen molar-refractivity contribution < 1.29 is 17.1 Å². The topological polar surface area (TPSA) is 73.1 Å². The summed E-state index contributed by atoms with van der Waals surface area (Å²) in [5.41, 5.74) is 2.00. The van der Waals surface area contributed by atoms with Gasteiger partial charge in [-0.05, 0) is 46.1 Å². The van der Waals surface area contributed by atoms with Crippen LogP contribution < -0.4 is 0 Å². The summed E-state index contributed by atoms with van der Waals surface area (Å²) in [5, 5.41) is 16.9. The molecule has 1 radical (unpaired) electrons. The molecule has 1 aromatic rings. The van der Waals surface area contributed by atoms with Gasteiger partial charge in [0, 0.05) is 12.7 Å². The van der Waals surface area contributed by atoms with Gasteiger partial charge in [-0.1, -0.05) is 30.5 Å². The summed E-state index contributed by atoms with van der Waals surface area (Å²) < 4.78 is 0. The van der Waals surface area contributed by atoms with E-state index in [0.29, 0.717) is 0 Å². The summed E-state index contributed by atoms with van der Waals surface area (Å²) >= 11 is 7.40. The van der Waals surface area contributed by atoms with E-state index in [1.165, 1.54) is 10.3 Å². The largest absolute Gasteiger partial charge is 2.00 e. The van der Waals surface area contributed by atoms with Crippen LogP contribution in [0.1, 0.15) is 19.0 Å². The number of nitrogens with zero attached hydrogens (tertiary/aromatic N) is 5. The van der Waals surface area contributed by atoms with E-state index in [4.69, 9.17) is 10.8 Å². The smallest absolute Gasteiger partial charge is 0.753 e. The number of thiocarbonyl (C=S) groups is 2. The Labute approximate surface area is 153 Å². The van der Waals surface area contributed by atoms with Crippen molar-refractivity contribution in [2.45, 2.75) is 13.3 Å². The molecule has 0 bridgehead atoms. The third-order valence-electron chi connectivity index (χ3n) is 2.15. The Balaban J connectivity index is -0.000000447. The molecule has 0 atom stereocenters. The van der Waals surface area contributed by atoms with Gasteiger partial charge in [-0.2, -0.15) is 10.3 Å². The maximum absolute atomic E-state index is 7.13. The number of isothiocyanates is 2. The zero-order valence-electron chi connectivity index (χ0n) is 12.8. The van der Waals surface area contributed by atoms with Gasteiger partial charge in [0.05, 0.1) is 11.4 Å². The molecule has 5 nitrogen and oxygen atoms in total. The first-order valence-electron chi connectivity index (χ1n) is 6.13. The van der Waals surface area contributed by atoms with Crippen molar-refractivity contribution in [3.8, 4) is 0 Å². The summed E-state index contributed by atoms with van der Waals surface area (Å²) in [5.74, 6) is 0. The molecule has 0 aromatic carbocycles. The number of aromatic nitrogens is 1. The first-order valence-corrected chi connectivity index (χ1v) is 6.94. The van der Waals surface area contributed by atoms with Crippen molar-refractivity contribution in [3.63, 3.8) is 0 Å². The summed E-state index contributed by atoms with van der Waals surface area (Å²) in [4.78, 5) is 10.9. The molecule has 0 saturated carbocycles. The van der Waals surface area contributed by atoms with Crippen LogP contribution in [0, 0.1) is 0 Å².